The van der Waals surface area contributed by atoms with Crippen LogP contribution in [0.4, 0.5) is 4.39 Å². The lowest BCUT2D eigenvalue weighted by Crippen LogP contribution is -2.29. The minimum absolute atomic E-state index is 0.111. The first-order valence-corrected chi connectivity index (χ1v) is 7.87. The summed E-state index contributed by atoms with van der Waals surface area (Å²) in [6, 6.07) is 11.4. The second-order valence-electron chi connectivity index (χ2n) is 5.75. The fourth-order valence-electron chi connectivity index (χ4n) is 2.68. The highest BCUT2D eigenvalue weighted by atomic mass is 19.1. The number of aromatic nitrogens is 3. The average molecular weight is 326 g/mol. The number of nitrogens with zero attached hydrogens (tertiary/aromatic N) is 4. The van der Waals surface area contributed by atoms with Crippen molar-refractivity contribution in [2.24, 2.45) is 0 Å². The number of rotatable bonds is 4. The molecule has 5 nitrogen and oxygen atoms in total. The Balaban J connectivity index is 1.86. The van der Waals surface area contributed by atoms with Crippen molar-refractivity contribution in [2.45, 2.75) is 26.4 Å². The van der Waals surface area contributed by atoms with Gasteiger partial charge in [-0.1, -0.05) is 17.3 Å². The van der Waals surface area contributed by atoms with Gasteiger partial charge in [-0.05, 0) is 49.7 Å². The van der Waals surface area contributed by atoms with E-state index < -0.39 is 0 Å². The molecule has 2 aromatic carbocycles. The van der Waals surface area contributed by atoms with E-state index in [4.69, 9.17) is 0 Å². The van der Waals surface area contributed by atoms with E-state index in [1.165, 1.54) is 12.1 Å². The number of carbonyl (C=O) groups is 1. The first kappa shape index (κ1) is 16.1. The van der Waals surface area contributed by atoms with Crippen LogP contribution in [0.2, 0.25) is 0 Å². The van der Waals surface area contributed by atoms with Gasteiger partial charge in [-0.2, -0.15) is 0 Å². The first-order valence-electron chi connectivity index (χ1n) is 7.87. The Labute approximate surface area is 139 Å². The van der Waals surface area contributed by atoms with Crippen LogP contribution in [-0.2, 0) is 6.54 Å². The molecule has 0 spiro atoms. The Morgan fingerprint density at radius 1 is 1.25 bits per heavy atom. The van der Waals surface area contributed by atoms with Crippen LogP contribution < -0.4 is 0 Å². The summed E-state index contributed by atoms with van der Waals surface area (Å²) in [5, 5.41) is 8.16. The molecule has 0 aliphatic rings. The molecule has 24 heavy (non-hydrogen) atoms. The topological polar surface area (TPSA) is 51.0 Å². The van der Waals surface area contributed by atoms with Gasteiger partial charge in [-0.3, -0.25) is 4.79 Å². The molecule has 3 rings (SSSR count). The van der Waals surface area contributed by atoms with Gasteiger partial charge in [0, 0.05) is 19.2 Å². The maximum Gasteiger partial charge on any atom is 0.254 e. The summed E-state index contributed by atoms with van der Waals surface area (Å²) < 4.78 is 14.8. The quantitative estimate of drug-likeness (QED) is 0.738. The number of benzene rings is 2. The Morgan fingerprint density at radius 3 is 2.62 bits per heavy atom. The SMILES string of the molecule is CCn1nnc2cc(C(=O)N(C)C(C)c3ccc(F)cc3)ccc21. The summed E-state index contributed by atoms with van der Waals surface area (Å²) in [4.78, 5) is 14.4. The lowest BCUT2D eigenvalue weighted by Gasteiger charge is -2.25. The van der Waals surface area contributed by atoms with Gasteiger partial charge in [-0.15, -0.1) is 5.10 Å². The standard InChI is InChI=1S/C18H19FN4O/c1-4-23-17-10-7-14(11-16(17)20-21-23)18(24)22(3)12(2)13-5-8-15(19)9-6-13/h5-12H,4H2,1-3H3. The van der Waals surface area contributed by atoms with Crippen LogP contribution in [0.15, 0.2) is 42.5 Å². The molecule has 0 bridgehead atoms. The minimum Gasteiger partial charge on any atom is -0.335 e. The van der Waals surface area contributed by atoms with E-state index in [1.807, 2.05) is 19.9 Å². The van der Waals surface area contributed by atoms with Crippen molar-refractivity contribution >= 4 is 16.9 Å². The van der Waals surface area contributed by atoms with Gasteiger partial charge in [-0.25, -0.2) is 9.07 Å². The summed E-state index contributed by atoms with van der Waals surface area (Å²) >= 11 is 0. The molecule has 0 radical (unpaired) electrons. The normalized spacial score (nSPS) is 12.3. The van der Waals surface area contributed by atoms with E-state index in [9.17, 15) is 9.18 Å². The van der Waals surface area contributed by atoms with Crippen LogP contribution >= 0.6 is 0 Å². The summed E-state index contributed by atoms with van der Waals surface area (Å²) in [6.07, 6.45) is 0. The zero-order chi connectivity index (χ0) is 17.3. The smallest absolute Gasteiger partial charge is 0.254 e. The average Bonchev–Trinajstić information content (AvgIpc) is 3.02. The van der Waals surface area contributed by atoms with Crippen LogP contribution in [0.3, 0.4) is 0 Å². The highest BCUT2D eigenvalue weighted by molar-refractivity contribution is 5.97. The molecule has 0 N–H and O–H groups in total. The van der Waals surface area contributed by atoms with Gasteiger partial charge in [0.05, 0.1) is 11.6 Å². The largest absolute Gasteiger partial charge is 0.335 e. The van der Waals surface area contributed by atoms with Crippen molar-refractivity contribution in [2.75, 3.05) is 7.05 Å². The van der Waals surface area contributed by atoms with Gasteiger partial charge in [0.1, 0.15) is 11.3 Å². The maximum absolute atomic E-state index is 13.1. The van der Waals surface area contributed by atoms with Crippen molar-refractivity contribution in [1.82, 2.24) is 19.9 Å². The van der Waals surface area contributed by atoms with Crippen molar-refractivity contribution in [3.8, 4) is 0 Å². The van der Waals surface area contributed by atoms with Gasteiger partial charge in [0.15, 0.2) is 0 Å². The molecule has 0 fully saturated rings. The fourth-order valence-corrected chi connectivity index (χ4v) is 2.68. The molecule has 1 atom stereocenters. The Bertz CT molecular complexity index is 872. The van der Waals surface area contributed by atoms with Crippen LogP contribution in [0.1, 0.15) is 35.8 Å². The molecule has 1 amide bonds. The van der Waals surface area contributed by atoms with Gasteiger partial charge >= 0.3 is 0 Å². The number of fused-ring (bicyclic) bond motifs is 1. The van der Waals surface area contributed by atoms with Gasteiger partial charge in [0.2, 0.25) is 0 Å². The predicted molar refractivity (Wildman–Crippen MR) is 90.1 cm³/mol. The number of aryl methyl sites for hydroxylation is 1. The van der Waals surface area contributed by atoms with E-state index in [2.05, 4.69) is 10.3 Å². The van der Waals surface area contributed by atoms with Crippen LogP contribution in [0.5, 0.6) is 0 Å². The molecule has 0 aliphatic heterocycles. The van der Waals surface area contributed by atoms with Gasteiger partial charge in [0.25, 0.3) is 5.91 Å². The third-order valence-electron chi connectivity index (χ3n) is 4.31. The monoisotopic (exact) mass is 326 g/mol. The molecule has 1 unspecified atom stereocenters. The van der Waals surface area contributed by atoms with Crippen LogP contribution in [0, 0.1) is 5.82 Å². The summed E-state index contributed by atoms with van der Waals surface area (Å²) in [5.41, 5.74) is 3.04. The van der Waals surface area contributed by atoms with Crippen molar-refractivity contribution < 1.29 is 9.18 Å². The molecule has 124 valence electrons. The third kappa shape index (κ3) is 2.87. The molecular formula is C18H19FN4O. The number of hydrogen-bond acceptors (Lipinski definition) is 3. The minimum atomic E-state index is -0.288. The Morgan fingerprint density at radius 2 is 1.96 bits per heavy atom. The Kier molecular flexibility index (Phi) is 4.29. The Hall–Kier alpha value is -2.76. The molecule has 3 aromatic rings. The van der Waals surface area contributed by atoms with Crippen molar-refractivity contribution in [1.29, 1.82) is 0 Å². The lowest BCUT2D eigenvalue weighted by molar-refractivity contribution is 0.0743. The summed E-state index contributed by atoms with van der Waals surface area (Å²) in [7, 11) is 1.74. The number of halogens is 1. The lowest BCUT2D eigenvalue weighted by atomic mass is 10.1. The predicted octanol–water partition coefficient (Wildman–Crippen LogP) is 3.42. The van der Waals surface area contributed by atoms with Crippen LogP contribution in [-0.4, -0.2) is 32.8 Å². The molecule has 0 aliphatic carbocycles. The van der Waals surface area contributed by atoms with E-state index in [0.717, 1.165) is 17.6 Å². The number of hydrogen-bond donors (Lipinski definition) is 0. The van der Waals surface area contributed by atoms with Crippen molar-refractivity contribution in [3.05, 3.63) is 59.4 Å². The second-order valence-corrected chi connectivity index (χ2v) is 5.75. The summed E-state index contributed by atoms with van der Waals surface area (Å²) in [6.45, 7) is 4.63. The number of carbonyl (C=O) groups excluding carboxylic acids is 1. The zero-order valence-corrected chi connectivity index (χ0v) is 13.9. The van der Waals surface area contributed by atoms with E-state index in [-0.39, 0.29) is 17.8 Å². The molecule has 0 saturated carbocycles. The third-order valence-corrected chi connectivity index (χ3v) is 4.31. The molecular weight excluding hydrogens is 307 g/mol. The highest BCUT2D eigenvalue weighted by Gasteiger charge is 2.20. The van der Waals surface area contributed by atoms with E-state index >= 15 is 0 Å². The van der Waals surface area contributed by atoms with E-state index in [1.54, 1.807) is 40.9 Å². The first-order chi connectivity index (χ1) is 11.5. The molecule has 1 heterocycles. The second kappa shape index (κ2) is 6.39. The van der Waals surface area contributed by atoms with Gasteiger partial charge < -0.3 is 4.90 Å². The van der Waals surface area contributed by atoms with Crippen molar-refractivity contribution in [3.63, 3.8) is 0 Å². The molecule has 6 heteroatoms. The zero-order valence-electron chi connectivity index (χ0n) is 13.9. The number of amides is 1. The molecule has 0 saturated heterocycles. The highest BCUT2D eigenvalue weighted by Crippen LogP contribution is 2.22. The maximum atomic E-state index is 13.1. The van der Waals surface area contributed by atoms with E-state index in [0.29, 0.717) is 11.1 Å². The fraction of sp³-hybridized carbons (Fsp3) is 0.278. The van der Waals surface area contributed by atoms with Crippen LogP contribution in [0.25, 0.3) is 11.0 Å². The molecule has 1 aromatic heterocycles. The summed E-state index contributed by atoms with van der Waals surface area (Å²) in [5.74, 6) is -0.399.